The second kappa shape index (κ2) is 4.73. The summed E-state index contributed by atoms with van der Waals surface area (Å²) in [6.07, 6.45) is 0. The molecule has 2 rings (SSSR count). The Kier molecular flexibility index (Phi) is 3.95. The number of thiophene rings is 1. The molecule has 0 unspecified atom stereocenters. The maximum absolute atomic E-state index is 5.99. The van der Waals surface area contributed by atoms with Gasteiger partial charge >= 0.3 is 7.12 Å². The predicted octanol–water partition coefficient (Wildman–Crippen LogP) is 4.06. The van der Waals surface area contributed by atoms with Gasteiger partial charge in [-0.3, -0.25) is 0 Å². The molecule has 1 aliphatic heterocycles. The van der Waals surface area contributed by atoms with Crippen LogP contribution in [0.2, 0.25) is 0 Å². The Hall–Kier alpha value is 0.805. The second-order valence-corrected chi connectivity index (χ2v) is 8.20. The molecule has 0 atom stereocenters. The molecule has 1 saturated heterocycles. The fourth-order valence-electron chi connectivity index (χ4n) is 1.51. The van der Waals surface area contributed by atoms with Gasteiger partial charge in [0.05, 0.1) is 20.2 Å². The van der Waals surface area contributed by atoms with E-state index in [4.69, 9.17) is 20.0 Å². The standard InChI is InChI=1S/C10H13BBrClO2S2/c1-9(2)10(3,4)15-11(14-9)8-6(12)5-7(16-8)17-13/h5H,1-4H3. The Bertz CT molecular complexity index is 420. The van der Waals surface area contributed by atoms with Gasteiger partial charge in [0.2, 0.25) is 0 Å². The lowest BCUT2D eigenvalue weighted by Crippen LogP contribution is -2.41. The van der Waals surface area contributed by atoms with Gasteiger partial charge in [0.15, 0.2) is 0 Å². The van der Waals surface area contributed by atoms with E-state index in [0.717, 1.165) is 13.5 Å². The summed E-state index contributed by atoms with van der Waals surface area (Å²) in [5.41, 5.74) is -0.620. The van der Waals surface area contributed by atoms with E-state index in [1.54, 1.807) is 11.3 Å². The number of halogens is 2. The van der Waals surface area contributed by atoms with Gasteiger partial charge in [0, 0.05) is 4.47 Å². The zero-order chi connectivity index (χ0) is 12.8. The minimum atomic E-state index is -0.322. The first-order valence-electron chi connectivity index (χ1n) is 5.20. The van der Waals surface area contributed by atoms with E-state index < -0.39 is 0 Å². The smallest absolute Gasteiger partial charge is 0.399 e. The Morgan fingerprint density at radius 1 is 1.29 bits per heavy atom. The molecule has 0 saturated carbocycles. The van der Waals surface area contributed by atoms with Crippen LogP contribution in [-0.2, 0) is 9.31 Å². The largest absolute Gasteiger partial charge is 0.506 e. The zero-order valence-corrected chi connectivity index (χ0v) is 14.0. The highest BCUT2D eigenvalue weighted by Gasteiger charge is 2.52. The topological polar surface area (TPSA) is 18.5 Å². The highest BCUT2D eigenvalue weighted by Crippen LogP contribution is 2.39. The van der Waals surface area contributed by atoms with E-state index in [-0.39, 0.29) is 18.3 Å². The number of rotatable bonds is 2. The summed E-state index contributed by atoms with van der Waals surface area (Å²) in [6.45, 7) is 8.19. The Morgan fingerprint density at radius 3 is 2.24 bits per heavy atom. The van der Waals surface area contributed by atoms with Crippen molar-refractivity contribution in [3.8, 4) is 0 Å². The third-order valence-electron chi connectivity index (χ3n) is 3.23. The quantitative estimate of drug-likeness (QED) is 0.746. The highest BCUT2D eigenvalue weighted by molar-refractivity contribution is 9.10. The number of hydrogen-bond acceptors (Lipinski definition) is 4. The monoisotopic (exact) mass is 354 g/mol. The van der Waals surface area contributed by atoms with Crippen LogP contribution >= 0.6 is 48.9 Å². The van der Waals surface area contributed by atoms with Gasteiger partial charge in [0.1, 0.15) is 0 Å². The van der Waals surface area contributed by atoms with Crippen molar-refractivity contribution in [2.45, 2.75) is 43.1 Å². The normalized spacial score (nSPS) is 22.1. The van der Waals surface area contributed by atoms with E-state index in [2.05, 4.69) is 15.9 Å². The van der Waals surface area contributed by atoms with Gasteiger partial charge in [0.25, 0.3) is 0 Å². The van der Waals surface area contributed by atoms with Gasteiger partial charge in [-0.05, 0) is 55.4 Å². The molecule has 1 aromatic heterocycles. The Balaban J connectivity index is 2.28. The molecule has 1 aromatic rings. The summed E-state index contributed by atoms with van der Waals surface area (Å²) in [5, 5.41) is 0. The molecule has 17 heavy (non-hydrogen) atoms. The third kappa shape index (κ3) is 2.58. The van der Waals surface area contributed by atoms with Gasteiger partial charge in [-0.15, -0.1) is 11.3 Å². The van der Waals surface area contributed by atoms with Gasteiger partial charge < -0.3 is 9.31 Å². The average molecular weight is 356 g/mol. The molecule has 0 aromatic carbocycles. The summed E-state index contributed by atoms with van der Waals surface area (Å²) >= 11 is 5.11. The van der Waals surface area contributed by atoms with Crippen LogP contribution in [-0.4, -0.2) is 18.3 Å². The van der Waals surface area contributed by atoms with Crippen LogP contribution in [0.1, 0.15) is 27.7 Å². The molecule has 7 heteroatoms. The molecule has 1 aliphatic rings. The lowest BCUT2D eigenvalue weighted by Gasteiger charge is -2.32. The SMILES string of the molecule is CC1(C)OB(c2sc(SCl)cc2Br)OC1(C)C. The van der Waals surface area contributed by atoms with Crippen LogP contribution in [0.25, 0.3) is 0 Å². The molecular weight excluding hydrogens is 342 g/mol. The van der Waals surface area contributed by atoms with Crippen LogP contribution < -0.4 is 4.78 Å². The fourth-order valence-corrected chi connectivity index (χ4v) is 4.19. The van der Waals surface area contributed by atoms with E-state index in [0.29, 0.717) is 0 Å². The Labute approximate surface area is 123 Å². The van der Waals surface area contributed by atoms with E-state index in [1.165, 1.54) is 11.0 Å². The van der Waals surface area contributed by atoms with Gasteiger partial charge in [-0.25, -0.2) is 0 Å². The van der Waals surface area contributed by atoms with Crippen LogP contribution in [0.4, 0.5) is 0 Å². The van der Waals surface area contributed by atoms with E-state index in [1.807, 2.05) is 33.8 Å². The lowest BCUT2D eigenvalue weighted by atomic mass is 9.88. The fraction of sp³-hybridized carbons (Fsp3) is 0.600. The van der Waals surface area contributed by atoms with Crippen molar-refractivity contribution in [1.82, 2.24) is 0 Å². The molecule has 94 valence electrons. The molecule has 1 fully saturated rings. The van der Waals surface area contributed by atoms with Crippen LogP contribution in [0.3, 0.4) is 0 Å². The average Bonchev–Trinajstić information content (AvgIpc) is 2.66. The molecule has 0 N–H and O–H groups in total. The van der Waals surface area contributed by atoms with Gasteiger partial charge in [-0.1, -0.05) is 15.9 Å². The minimum Gasteiger partial charge on any atom is -0.399 e. The van der Waals surface area contributed by atoms with E-state index in [9.17, 15) is 0 Å². The first-order valence-corrected chi connectivity index (χ1v) is 8.45. The van der Waals surface area contributed by atoms with Crippen molar-refractivity contribution in [2.24, 2.45) is 0 Å². The molecular formula is C10H13BBrClO2S2. The maximum atomic E-state index is 5.99. The van der Waals surface area contributed by atoms with Gasteiger partial charge in [-0.2, -0.15) is 0 Å². The first-order chi connectivity index (χ1) is 7.77. The molecule has 0 spiro atoms. The molecule has 0 aliphatic carbocycles. The van der Waals surface area contributed by atoms with Crippen LogP contribution in [0.5, 0.6) is 0 Å². The highest BCUT2D eigenvalue weighted by atomic mass is 79.9. The minimum absolute atomic E-state index is 0.310. The van der Waals surface area contributed by atoms with Crippen molar-refractivity contribution >= 4 is 60.8 Å². The predicted molar refractivity (Wildman–Crippen MR) is 79.4 cm³/mol. The lowest BCUT2D eigenvalue weighted by molar-refractivity contribution is 0.00578. The summed E-state index contributed by atoms with van der Waals surface area (Å²) in [7, 11) is 6.65. The summed E-state index contributed by atoms with van der Waals surface area (Å²) < 4.78 is 15.0. The number of hydrogen-bond donors (Lipinski definition) is 0. The summed E-state index contributed by atoms with van der Waals surface area (Å²) in [6, 6.07) is 1.99. The Morgan fingerprint density at radius 2 is 1.82 bits per heavy atom. The van der Waals surface area contributed by atoms with E-state index >= 15 is 0 Å². The third-order valence-corrected chi connectivity index (χ3v) is 6.65. The summed E-state index contributed by atoms with van der Waals surface area (Å²) in [5.74, 6) is 0. The van der Waals surface area contributed by atoms with Crippen LogP contribution in [0.15, 0.2) is 14.7 Å². The summed E-state index contributed by atoms with van der Waals surface area (Å²) in [4.78, 5) is 0. The molecule has 0 bridgehead atoms. The maximum Gasteiger partial charge on any atom is 0.506 e. The van der Waals surface area contributed by atoms with Crippen LogP contribution in [0, 0.1) is 0 Å². The van der Waals surface area contributed by atoms with Crippen molar-refractivity contribution < 1.29 is 9.31 Å². The van der Waals surface area contributed by atoms with Crippen molar-refractivity contribution in [3.63, 3.8) is 0 Å². The molecule has 0 amide bonds. The molecule has 2 heterocycles. The first kappa shape index (κ1) is 14.2. The second-order valence-electron chi connectivity index (χ2n) is 4.94. The molecule has 0 radical (unpaired) electrons. The zero-order valence-electron chi connectivity index (χ0n) is 10.0. The molecule has 2 nitrogen and oxygen atoms in total. The van der Waals surface area contributed by atoms with Crippen molar-refractivity contribution in [1.29, 1.82) is 0 Å². The van der Waals surface area contributed by atoms with Crippen molar-refractivity contribution in [3.05, 3.63) is 10.5 Å². The van der Waals surface area contributed by atoms with Crippen molar-refractivity contribution in [2.75, 3.05) is 0 Å².